The van der Waals surface area contributed by atoms with E-state index in [2.05, 4.69) is 71.8 Å². The molecule has 416 valence electrons. The molecular formula is C52H87N3O16P2. The molecule has 0 aromatic carbocycles. The van der Waals surface area contributed by atoms with Gasteiger partial charge >= 0.3 is 33.3 Å². The largest absolute Gasteiger partial charge is 0.481 e. The Kier molecular flexibility index (Phi) is 32.8. The Morgan fingerprint density at radius 1 is 0.685 bits per heavy atom. The number of unbranched alkanes of at least 4 members (excludes halogenated alkanes) is 16. The third-order valence-electron chi connectivity index (χ3n) is 12.3. The van der Waals surface area contributed by atoms with Gasteiger partial charge in [0, 0.05) is 19.0 Å². The zero-order chi connectivity index (χ0) is 53.2. The number of hydrogen-bond donors (Lipinski definition) is 5. The molecule has 73 heavy (non-hydrogen) atoms. The smallest absolute Gasteiger partial charge is 0.462 e. The van der Waals surface area contributed by atoms with Crippen LogP contribution in [0.15, 0.2) is 65.7 Å². The molecule has 6 N–H and O–H groups in total. The zero-order valence-electron chi connectivity index (χ0n) is 43.4. The Balaban J connectivity index is 1.41. The monoisotopic (exact) mass is 1070 g/mol. The molecule has 0 radical (unpaired) electrons. The number of nitrogens with zero attached hydrogens (tertiary/aromatic N) is 2. The predicted molar refractivity (Wildman–Crippen MR) is 279 cm³/mol. The Morgan fingerprint density at radius 3 is 1.89 bits per heavy atom. The van der Waals surface area contributed by atoms with Gasteiger partial charge in [-0.15, -0.1) is 0 Å². The highest BCUT2D eigenvalue weighted by Crippen LogP contribution is 2.60. The lowest BCUT2D eigenvalue weighted by molar-refractivity contribution is -0.161. The Hall–Kier alpha value is -3.32. The number of hydrogen-bond acceptors (Lipinski definition) is 16. The van der Waals surface area contributed by atoms with E-state index in [4.69, 9.17) is 33.7 Å². The number of nitrogens with two attached hydrogens (primary N) is 1. The number of rotatable bonds is 43. The minimum atomic E-state index is -5.45. The fourth-order valence-electron chi connectivity index (χ4n) is 8.04. The van der Waals surface area contributed by atoms with Crippen molar-refractivity contribution in [2.75, 3.05) is 25.6 Å². The molecule has 19 nitrogen and oxygen atoms in total. The molecule has 9 atom stereocenters. The molecule has 2 aliphatic rings. The fourth-order valence-corrected chi connectivity index (χ4v) is 10.2. The second-order valence-electron chi connectivity index (χ2n) is 18.8. The summed E-state index contributed by atoms with van der Waals surface area (Å²) in [7, 11) is -10.9. The highest BCUT2D eigenvalue weighted by atomic mass is 31.3. The molecule has 3 heterocycles. The van der Waals surface area contributed by atoms with Gasteiger partial charge in [-0.2, -0.15) is 9.29 Å². The molecule has 0 saturated carbocycles. The number of aromatic nitrogens is 2. The van der Waals surface area contributed by atoms with Crippen LogP contribution in [0.25, 0.3) is 0 Å². The van der Waals surface area contributed by atoms with Gasteiger partial charge < -0.3 is 44.7 Å². The number of epoxide rings is 1. The number of ether oxygens (including phenoxy) is 4. The van der Waals surface area contributed by atoms with Crippen molar-refractivity contribution in [2.24, 2.45) is 0 Å². The van der Waals surface area contributed by atoms with Crippen LogP contribution in [0.5, 0.6) is 0 Å². The van der Waals surface area contributed by atoms with Crippen LogP contribution in [0.2, 0.25) is 0 Å². The second kappa shape index (κ2) is 37.4. The maximum atomic E-state index is 13.0. The summed E-state index contributed by atoms with van der Waals surface area (Å²) in [5.41, 5.74) is 4.59. The molecule has 3 rings (SSSR count). The SMILES string of the molecule is CCCCC/C=C\C/C=C\C/C=C\CC1OC1CCCC(=O)O[C@H](COC(=O)CCCCCCCCC/C=C\CCCCCCCC)COP(=O)(O)OP(=O)(O)OC[C@H]1O[C@@H](n2ccc(N)nc2=O)[C@H](O)[C@@H]1O. The van der Waals surface area contributed by atoms with E-state index in [-0.39, 0.29) is 30.9 Å². The number of aliphatic hydroxyl groups excluding tert-OH is 2. The van der Waals surface area contributed by atoms with Crippen molar-refractivity contribution in [1.29, 1.82) is 0 Å². The number of phosphoric ester groups is 2. The van der Waals surface area contributed by atoms with Gasteiger partial charge in [-0.1, -0.05) is 140 Å². The van der Waals surface area contributed by atoms with Crippen LogP contribution in [0.4, 0.5) is 5.82 Å². The van der Waals surface area contributed by atoms with E-state index in [1.807, 2.05) is 0 Å². The van der Waals surface area contributed by atoms with Crippen molar-refractivity contribution in [3.8, 4) is 0 Å². The Bertz CT molecular complexity index is 1980. The van der Waals surface area contributed by atoms with Crippen molar-refractivity contribution >= 4 is 33.4 Å². The lowest BCUT2D eigenvalue weighted by Crippen LogP contribution is -2.36. The van der Waals surface area contributed by atoms with Crippen LogP contribution >= 0.6 is 15.6 Å². The highest BCUT2D eigenvalue weighted by Gasteiger charge is 2.46. The molecule has 2 aliphatic heterocycles. The minimum Gasteiger partial charge on any atom is -0.462 e. The van der Waals surface area contributed by atoms with Gasteiger partial charge in [0.1, 0.15) is 30.7 Å². The first kappa shape index (κ1) is 64.0. The molecule has 21 heteroatoms. The Morgan fingerprint density at radius 2 is 1.23 bits per heavy atom. The van der Waals surface area contributed by atoms with E-state index in [9.17, 15) is 43.5 Å². The quantitative estimate of drug-likeness (QED) is 0.0134. The van der Waals surface area contributed by atoms with Gasteiger partial charge in [0.2, 0.25) is 0 Å². The molecule has 2 fully saturated rings. The molecule has 1 aromatic heterocycles. The van der Waals surface area contributed by atoms with Gasteiger partial charge in [0.15, 0.2) is 12.3 Å². The Labute approximate surface area is 433 Å². The summed E-state index contributed by atoms with van der Waals surface area (Å²) in [4.78, 5) is 62.1. The number of nitrogen functional groups attached to an aromatic ring is 1. The summed E-state index contributed by atoms with van der Waals surface area (Å²) in [6, 6.07) is 1.24. The average Bonchev–Trinajstić information content (AvgIpc) is 4.04. The van der Waals surface area contributed by atoms with E-state index in [1.54, 1.807) is 0 Å². The van der Waals surface area contributed by atoms with E-state index in [1.165, 1.54) is 63.9 Å². The van der Waals surface area contributed by atoms with Crippen LogP contribution in [0, 0.1) is 0 Å². The molecule has 0 amide bonds. The summed E-state index contributed by atoms with van der Waals surface area (Å²) >= 11 is 0. The number of aliphatic hydroxyl groups is 2. The maximum absolute atomic E-state index is 13.0. The molecule has 0 spiro atoms. The van der Waals surface area contributed by atoms with Gasteiger partial charge in [0.25, 0.3) is 0 Å². The van der Waals surface area contributed by atoms with Crippen molar-refractivity contribution in [1.82, 2.24) is 9.55 Å². The number of phosphoric acid groups is 2. The number of allylic oxidation sites excluding steroid dienone is 7. The fraction of sp³-hybridized carbons (Fsp3) is 0.731. The van der Waals surface area contributed by atoms with Gasteiger partial charge in [0.05, 0.1) is 25.4 Å². The van der Waals surface area contributed by atoms with Gasteiger partial charge in [-0.05, 0) is 83.1 Å². The second-order valence-corrected chi connectivity index (χ2v) is 21.8. The topological polar surface area (TPSA) is 278 Å². The molecule has 1 aromatic rings. The standard InChI is InChI=1S/C52H87N3O16P2/c1-3-5-7-9-11-13-15-17-18-19-20-21-23-25-27-29-31-35-47(56)65-39-42(68-48(57)36-32-34-44-43(69-44)33-30-28-26-24-22-16-14-12-10-8-6-4-2)40-66-72(61,62)71-73(63,64)67-41-45-49(58)50(59)51(70-45)55-38-37-46(53)54-52(55)60/h12,14,17-18,22,24,28,30,37-38,42-45,49-51,58-59H,3-11,13,15-16,19-21,23,25-27,29,31-36,39-41H2,1-2H3,(H,61,62)(H,63,64)(H2,53,54,60)/b14-12-,18-17-,24-22-,30-28-/t42-,43?,44?,45-,49-,50-,51-/m1/s1. The van der Waals surface area contributed by atoms with Gasteiger partial charge in [-0.3, -0.25) is 23.2 Å². The predicted octanol–water partition coefficient (Wildman–Crippen LogP) is 10.3. The summed E-state index contributed by atoms with van der Waals surface area (Å²) in [5, 5.41) is 20.9. The molecule has 4 unspecified atom stereocenters. The minimum absolute atomic E-state index is 0.00728. The maximum Gasteiger partial charge on any atom is 0.481 e. The first-order valence-electron chi connectivity index (χ1n) is 26.8. The molecule has 0 bridgehead atoms. The number of carbonyl (C=O) groups is 2. The summed E-state index contributed by atoms with van der Waals surface area (Å²) in [6.07, 6.45) is 36.2. The highest BCUT2D eigenvalue weighted by molar-refractivity contribution is 7.61. The third-order valence-corrected chi connectivity index (χ3v) is 14.9. The molecule has 0 aliphatic carbocycles. The van der Waals surface area contributed by atoms with E-state index < -0.39 is 83.7 Å². The van der Waals surface area contributed by atoms with Crippen molar-refractivity contribution in [2.45, 2.75) is 224 Å². The third kappa shape index (κ3) is 29.5. The summed E-state index contributed by atoms with van der Waals surface area (Å²) < 4.78 is 62.7. The summed E-state index contributed by atoms with van der Waals surface area (Å²) in [6.45, 7) is 2.06. The average molecular weight is 1070 g/mol. The van der Waals surface area contributed by atoms with Crippen molar-refractivity contribution in [3.63, 3.8) is 0 Å². The van der Waals surface area contributed by atoms with E-state index in [0.717, 1.165) is 87.8 Å². The molecule has 2 saturated heterocycles. The van der Waals surface area contributed by atoms with Crippen LogP contribution in [-0.2, 0) is 51.0 Å². The lowest BCUT2D eigenvalue weighted by atomic mass is 10.1. The first-order valence-corrected chi connectivity index (χ1v) is 29.8. The van der Waals surface area contributed by atoms with E-state index in [0.29, 0.717) is 19.3 Å². The summed E-state index contributed by atoms with van der Waals surface area (Å²) in [5.74, 6) is -1.38. The van der Waals surface area contributed by atoms with Crippen LogP contribution in [-0.4, -0.2) is 97.9 Å². The normalized spacial score (nSPS) is 22.1. The van der Waals surface area contributed by atoms with Crippen molar-refractivity contribution < 1.29 is 71.0 Å². The number of esters is 2. The number of anilines is 1. The van der Waals surface area contributed by atoms with Gasteiger partial charge in [-0.25, -0.2) is 13.9 Å². The van der Waals surface area contributed by atoms with E-state index >= 15 is 0 Å². The van der Waals surface area contributed by atoms with Crippen molar-refractivity contribution in [3.05, 3.63) is 71.4 Å². The zero-order valence-corrected chi connectivity index (χ0v) is 45.2. The van der Waals surface area contributed by atoms with Crippen LogP contribution in [0.3, 0.4) is 0 Å². The molecular weight excluding hydrogens is 985 g/mol. The van der Waals surface area contributed by atoms with Crippen LogP contribution in [0.1, 0.15) is 187 Å². The number of carbonyl (C=O) groups excluding carboxylic acids is 2. The van der Waals surface area contributed by atoms with Crippen LogP contribution < -0.4 is 11.4 Å². The first-order chi connectivity index (χ1) is 35.1. The lowest BCUT2D eigenvalue weighted by Gasteiger charge is -2.21.